The number of nitrogens with one attached hydrogen (secondary N) is 1. The van der Waals surface area contributed by atoms with Gasteiger partial charge in [-0.3, -0.25) is 4.57 Å². The number of para-hydroxylation sites is 2. The number of nitrogens with zero attached hydrogens (tertiary/aromatic N) is 5. The Kier molecular flexibility index (Phi) is 4.77. The van der Waals surface area contributed by atoms with Crippen molar-refractivity contribution in [3.63, 3.8) is 0 Å². The third kappa shape index (κ3) is 3.36. The maximum absolute atomic E-state index is 6.43. The quantitative estimate of drug-likeness (QED) is 0.533. The highest BCUT2D eigenvalue weighted by atomic mass is 35.5. The van der Waals surface area contributed by atoms with Crippen molar-refractivity contribution in [2.75, 3.05) is 26.0 Å². The van der Waals surface area contributed by atoms with Gasteiger partial charge in [-0.1, -0.05) is 23.7 Å². The van der Waals surface area contributed by atoms with E-state index in [1.54, 1.807) is 19.6 Å². The molecule has 3 heterocycles. The third-order valence-corrected chi connectivity index (χ3v) is 5.65. The van der Waals surface area contributed by atoms with Crippen molar-refractivity contribution in [3.05, 3.63) is 65.1 Å². The zero-order valence-electron chi connectivity index (χ0n) is 16.8. The van der Waals surface area contributed by atoms with Crippen molar-refractivity contribution in [2.45, 2.75) is 13.0 Å². The molecule has 0 amide bonds. The highest BCUT2D eigenvalue weighted by molar-refractivity contribution is 6.32. The van der Waals surface area contributed by atoms with Gasteiger partial charge in [0.15, 0.2) is 5.82 Å². The van der Waals surface area contributed by atoms with Crippen LogP contribution in [0.2, 0.25) is 5.02 Å². The molecule has 1 N–H and O–H groups in total. The lowest BCUT2D eigenvalue weighted by molar-refractivity contribution is 0.312. The Balaban J connectivity index is 1.53. The van der Waals surface area contributed by atoms with Crippen LogP contribution >= 0.6 is 11.6 Å². The van der Waals surface area contributed by atoms with E-state index in [1.165, 1.54) is 11.1 Å². The molecular weight excluding hydrogens is 400 g/mol. The summed E-state index contributed by atoms with van der Waals surface area (Å²) in [5.41, 5.74) is 5.23. The second kappa shape index (κ2) is 7.59. The summed E-state index contributed by atoms with van der Waals surface area (Å²) in [5.74, 6) is 1.78. The number of fused-ring (bicyclic) bond motifs is 2. The van der Waals surface area contributed by atoms with Gasteiger partial charge < -0.3 is 15.0 Å². The molecule has 2 aromatic carbocycles. The van der Waals surface area contributed by atoms with Gasteiger partial charge in [-0.2, -0.15) is 4.98 Å². The van der Waals surface area contributed by atoms with Gasteiger partial charge in [0, 0.05) is 13.1 Å². The normalized spacial score (nSPS) is 14.0. The zero-order valence-corrected chi connectivity index (χ0v) is 17.5. The summed E-state index contributed by atoms with van der Waals surface area (Å²) in [7, 11) is 3.80. The van der Waals surface area contributed by atoms with Crippen molar-refractivity contribution in [1.82, 2.24) is 24.4 Å². The first kappa shape index (κ1) is 18.8. The van der Waals surface area contributed by atoms with Crippen molar-refractivity contribution in [2.24, 2.45) is 0 Å². The minimum absolute atomic E-state index is 0.439. The van der Waals surface area contributed by atoms with Crippen LogP contribution in [0.4, 0.5) is 11.6 Å². The van der Waals surface area contributed by atoms with Gasteiger partial charge in [0.1, 0.15) is 17.1 Å². The standard InChI is InChI=1S/C22H21ClN6O/c1-28-8-7-14-10-20(30-2)18(9-15(14)12-28)26-22-24-11-16(23)21(27-22)29-13-25-17-5-3-4-6-19(17)29/h3-6,9-11,13H,7-8,12H2,1-2H3,(H,24,26,27). The fraction of sp³-hybridized carbons (Fsp3) is 0.227. The van der Waals surface area contributed by atoms with E-state index in [9.17, 15) is 0 Å². The number of anilines is 2. The number of hydrogen-bond acceptors (Lipinski definition) is 6. The van der Waals surface area contributed by atoms with E-state index in [0.29, 0.717) is 16.8 Å². The van der Waals surface area contributed by atoms with Crippen molar-refractivity contribution < 1.29 is 4.74 Å². The summed E-state index contributed by atoms with van der Waals surface area (Å²) >= 11 is 6.43. The van der Waals surface area contributed by atoms with Gasteiger partial charge in [0.25, 0.3) is 0 Å². The van der Waals surface area contributed by atoms with E-state index in [2.05, 4.69) is 44.3 Å². The predicted octanol–water partition coefficient (Wildman–Crippen LogP) is 4.21. The lowest BCUT2D eigenvalue weighted by Crippen LogP contribution is -2.26. The minimum Gasteiger partial charge on any atom is -0.495 e. The lowest BCUT2D eigenvalue weighted by Gasteiger charge is -2.26. The maximum Gasteiger partial charge on any atom is 0.229 e. The molecule has 30 heavy (non-hydrogen) atoms. The number of likely N-dealkylation sites (N-methyl/N-ethyl adjacent to an activating group) is 1. The van der Waals surface area contributed by atoms with Gasteiger partial charge in [-0.25, -0.2) is 9.97 Å². The number of benzene rings is 2. The second-order valence-electron chi connectivity index (χ2n) is 7.40. The van der Waals surface area contributed by atoms with E-state index in [1.807, 2.05) is 28.8 Å². The van der Waals surface area contributed by atoms with Crippen LogP contribution in [0.25, 0.3) is 16.9 Å². The van der Waals surface area contributed by atoms with Crippen LogP contribution in [-0.2, 0) is 13.0 Å². The highest BCUT2D eigenvalue weighted by Gasteiger charge is 2.18. The Morgan fingerprint density at radius 3 is 2.87 bits per heavy atom. The van der Waals surface area contributed by atoms with Crippen LogP contribution in [0, 0.1) is 0 Å². The Hall–Kier alpha value is -3.16. The third-order valence-electron chi connectivity index (χ3n) is 5.38. The Morgan fingerprint density at radius 1 is 1.13 bits per heavy atom. The van der Waals surface area contributed by atoms with Crippen LogP contribution in [0.3, 0.4) is 0 Å². The molecule has 0 bridgehead atoms. The highest BCUT2D eigenvalue weighted by Crippen LogP contribution is 2.33. The molecule has 1 aliphatic rings. The van der Waals surface area contributed by atoms with Crippen LogP contribution in [0.1, 0.15) is 11.1 Å². The molecule has 8 heteroatoms. The van der Waals surface area contributed by atoms with Gasteiger partial charge in [0.2, 0.25) is 5.95 Å². The summed E-state index contributed by atoms with van der Waals surface area (Å²) < 4.78 is 7.49. The summed E-state index contributed by atoms with van der Waals surface area (Å²) in [4.78, 5) is 15.8. The number of halogens is 1. The smallest absolute Gasteiger partial charge is 0.229 e. The fourth-order valence-electron chi connectivity index (χ4n) is 3.83. The number of ether oxygens (including phenoxy) is 1. The van der Waals surface area contributed by atoms with Gasteiger partial charge in [-0.15, -0.1) is 0 Å². The number of rotatable bonds is 4. The molecule has 5 rings (SSSR count). The van der Waals surface area contributed by atoms with Crippen LogP contribution in [0.15, 0.2) is 48.9 Å². The SMILES string of the molecule is COc1cc2c(cc1Nc1ncc(Cl)c(-n3cnc4ccccc43)n1)CN(C)CC2. The van der Waals surface area contributed by atoms with E-state index >= 15 is 0 Å². The predicted molar refractivity (Wildman–Crippen MR) is 118 cm³/mol. The Bertz CT molecular complexity index is 1240. The first-order valence-corrected chi connectivity index (χ1v) is 10.1. The minimum atomic E-state index is 0.439. The molecule has 0 atom stereocenters. The van der Waals surface area contributed by atoms with Crippen LogP contribution < -0.4 is 10.1 Å². The maximum atomic E-state index is 6.43. The van der Waals surface area contributed by atoms with E-state index in [4.69, 9.17) is 16.3 Å². The number of aromatic nitrogens is 4. The molecule has 0 radical (unpaired) electrons. The molecule has 0 spiro atoms. The topological polar surface area (TPSA) is 68.1 Å². The molecule has 7 nitrogen and oxygen atoms in total. The fourth-order valence-corrected chi connectivity index (χ4v) is 4.01. The summed E-state index contributed by atoms with van der Waals surface area (Å²) in [6.45, 7) is 1.95. The lowest BCUT2D eigenvalue weighted by atomic mass is 9.99. The number of hydrogen-bond donors (Lipinski definition) is 1. The molecule has 0 saturated heterocycles. The number of imidazole rings is 1. The summed E-state index contributed by atoms with van der Waals surface area (Å²) in [5, 5.41) is 3.75. The molecule has 0 unspecified atom stereocenters. The van der Waals surface area contributed by atoms with Crippen molar-refractivity contribution >= 4 is 34.3 Å². The van der Waals surface area contributed by atoms with E-state index < -0.39 is 0 Å². The largest absolute Gasteiger partial charge is 0.495 e. The molecule has 2 aromatic heterocycles. The average molecular weight is 421 g/mol. The van der Waals surface area contributed by atoms with Crippen molar-refractivity contribution in [3.8, 4) is 11.6 Å². The average Bonchev–Trinajstić information content (AvgIpc) is 3.18. The van der Waals surface area contributed by atoms with Crippen LogP contribution in [0.5, 0.6) is 5.75 Å². The second-order valence-corrected chi connectivity index (χ2v) is 7.81. The first-order chi connectivity index (χ1) is 14.6. The summed E-state index contributed by atoms with van der Waals surface area (Å²) in [6.07, 6.45) is 4.33. The summed E-state index contributed by atoms with van der Waals surface area (Å²) in [6, 6.07) is 12.1. The van der Waals surface area contributed by atoms with Gasteiger partial charge in [-0.05, 0) is 48.9 Å². The monoisotopic (exact) mass is 420 g/mol. The molecule has 1 aliphatic heterocycles. The first-order valence-electron chi connectivity index (χ1n) is 9.73. The molecule has 0 saturated carbocycles. The molecule has 152 valence electrons. The zero-order chi connectivity index (χ0) is 20.7. The van der Waals surface area contributed by atoms with Gasteiger partial charge >= 0.3 is 0 Å². The molecule has 0 fully saturated rings. The van der Waals surface area contributed by atoms with E-state index in [-0.39, 0.29) is 0 Å². The van der Waals surface area contributed by atoms with E-state index in [0.717, 1.165) is 42.0 Å². The Morgan fingerprint density at radius 2 is 2.00 bits per heavy atom. The van der Waals surface area contributed by atoms with Crippen molar-refractivity contribution in [1.29, 1.82) is 0 Å². The van der Waals surface area contributed by atoms with Crippen LogP contribution in [-0.4, -0.2) is 45.1 Å². The molecule has 0 aliphatic carbocycles. The molecular formula is C22H21ClN6O. The van der Waals surface area contributed by atoms with Gasteiger partial charge in [0.05, 0.1) is 30.0 Å². The molecule has 4 aromatic rings. The Labute approximate surface area is 179 Å². The number of methoxy groups -OCH3 is 1.